The highest BCUT2D eigenvalue weighted by molar-refractivity contribution is 5.74. The Balaban J connectivity index is 1.10. The van der Waals surface area contributed by atoms with Crippen molar-refractivity contribution < 1.29 is 14.3 Å². The van der Waals surface area contributed by atoms with E-state index < -0.39 is 0 Å². The van der Waals surface area contributed by atoms with E-state index in [2.05, 4.69) is 49.3 Å². The molecule has 0 spiro atoms. The molecule has 2 amide bonds. The maximum atomic E-state index is 12.5. The quantitative estimate of drug-likeness (QED) is 0.524. The third kappa shape index (κ3) is 4.84. The smallest absolute Gasteiger partial charge is 0.315 e. The minimum atomic E-state index is -0.254. The lowest BCUT2D eigenvalue weighted by atomic mass is 10.1. The van der Waals surface area contributed by atoms with Gasteiger partial charge in [-0.05, 0) is 53.6 Å². The van der Waals surface area contributed by atoms with Crippen molar-refractivity contribution in [1.29, 1.82) is 0 Å². The van der Waals surface area contributed by atoms with Gasteiger partial charge in [-0.15, -0.1) is 5.10 Å². The molecule has 0 aliphatic carbocycles. The monoisotopic (exact) mass is 489 g/mol. The van der Waals surface area contributed by atoms with Crippen LogP contribution in [0.1, 0.15) is 30.0 Å². The Hall–Kier alpha value is -3.34. The molecule has 4 unspecified atom stereocenters. The molecule has 3 aliphatic heterocycles. The lowest BCUT2D eigenvalue weighted by molar-refractivity contribution is 0.0624. The number of carbonyl (C=O) groups is 1. The molecule has 3 aliphatic rings. The summed E-state index contributed by atoms with van der Waals surface area (Å²) in [6.45, 7) is 4.51. The average molecular weight is 490 g/mol. The van der Waals surface area contributed by atoms with Crippen molar-refractivity contribution >= 4 is 6.03 Å². The summed E-state index contributed by atoms with van der Waals surface area (Å²) in [5.41, 5.74) is 3.28. The number of urea groups is 1. The molecule has 188 valence electrons. The van der Waals surface area contributed by atoms with Crippen LogP contribution in [0.2, 0.25) is 0 Å². The van der Waals surface area contributed by atoms with E-state index in [0.29, 0.717) is 25.6 Å². The van der Waals surface area contributed by atoms with E-state index in [4.69, 9.17) is 9.47 Å². The minimum absolute atomic E-state index is 0.165. The molecular weight excluding hydrogens is 458 g/mol. The summed E-state index contributed by atoms with van der Waals surface area (Å²) in [5, 5.41) is 18.5. The van der Waals surface area contributed by atoms with E-state index in [0.717, 1.165) is 30.8 Å². The van der Waals surface area contributed by atoms with Gasteiger partial charge in [0.25, 0.3) is 0 Å². The van der Waals surface area contributed by atoms with Crippen LogP contribution in [0.3, 0.4) is 0 Å². The molecule has 6 rings (SSSR count). The Labute approximate surface area is 210 Å². The van der Waals surface area contributed by atoms with E-state index >= 15 is 0 Å². The zero-order valence-corrected chi connectivity index (χ0v) is 20.1. The molecule has 3 fully saturated rings. The fourth-order valence-electron chi connectivity index (χ4n) is 5.42. The van der Waals surface area contributed by atoms with Gasteiger partial charge >= 0.3 is 6.03 Å². The van der Waals surface area contributed by atoms with Crippen LogP contribution in [0, 0.1) is 0 Å². The lowest BCUT2D eigenvalue weighted by Crippen LogP contribution is -2.48. The van der Waals surface area contributed by atoms with Crippen LogP contribution in [-0.2, 0) is 22.6 Å². The van der Waals surface area contributed by atoms with Crippen molar-refractivity contribution in [3.05, 3.63) is 65.7 Å². The van der Waals surface area contributed by atoms with Gasteiger partial charge in [-0.25, -0.2) is 9.48 Å². The molecule has 4 heterocycles. The molecule has 10 nitrogen and oxygen atoms in total. The molecule has 3 saturated heterocycles. The number of carbonyl (C=O) groups excluding carboxylic acids is 1. The first-order chi connectivity index (χ1) is 17.7. The first-order valence-electron chi connectivity index (χ1n) is 12.7. The molecule has 2 aromatic carbocycles. The van der Waals surface area contributed by atoms with Crippen LogP contribution in [0.25, 0.3) is 11.4 Å². The maximum absolute atomic E-state index is 12.5. The number of nitrogens with one attached hydrogen (secondary N) is 2. The SMILES string of the molecule is O=C(NCc1ccccc1)NC1COC2C1OCC2n1nnnc1-c1cccc(CN2CCCC2)c1. The van der Waals surface area contributed by atoms with Crippen LogP contribution >= 0.6 is 0 Å². The second-order valence-corrected chi connectivity index (χ2v) is 9.71. The summed E-state index contributed by atoms with van der Waals surface area (Å²) in [7, 11) is 0. The van der Waals surface area contributed by atoms with Crippen molar-refractivity contribution in [3.8, 4) is 11.4 Å². The van der Waals surface area contributed by atoms with Gasteiger partial charge in [0.05, 0.1) is 19.3 Å². The zero-order valence-electron chi connectivity index (χ0n) is 20.1. The Morgan fingerprint density at radius 1 is 0.972 bits per heavy atom. The van der Waals surface area contributed by atoms with E-state index in [1.165, 1.54) is 18.4 Å². The number of ether oxygens (including phenoxy) is 2. The van der Waals surface area contributed by atoms with E-state index in [9.17, 15) is 4.79 Å². The molecule has 3 aromatic rings. The van der Waals surface area contributed by atoms with Gasteiger partial charge in [0.15, 0.2) is 5.82 Å². The van der Waals surface area contributed by atoms with Gasteiger partial charge in [0, 0.05) is 18.7 Å². The molecule has 2 N–H and O–H groups in total. The largest absolute Gasteiger partial charge is 0.371 e. The van der Waals surface area contributed by atoms with Gasteiger partial charge in [0.1, 0.15) is 18.2 Å². The topological polar surface area (TPSA) is 106 Å². The van der Waals surface area contributed by atoms with E-state index in [-0.39, 0.29) is 30.3 Å². The summed E-state index contributed by atoms with van der Waals surface area (Å²) < 4.78 is 14.0. The van der Waals surface area contributed by atoms with Crippen LogP contribution in [0.5, 0.6) is 0 Å². The Kier molecular flexibility index (Phi) is 6.63. The van der Waals surface area contributed by atoms with Gasteiger partial charge in [0.2, 0.25) is 0 Å². The minimum Gasteiger partial charge on any atom is -0.371 e. The number of hydrogen-bond acceptors (Lipinski definition) is 7. The number of nitrogens with zero attached hydrogens (tertiary/aromatic N) is 5. The van der Waals surface area contributed by atoms with Crippen LogP contribution < -0.4 is 10.6 Å². The number of fused-ring (bicyclic) bond motifs is 1. The maximum Gasteiger partial charge on any atom is 0.315 e. The van der Waals surface area contributed by atoms with Crippen LogP contribution in [0.15, 0.2) is 54.6 Å². The number of benzene rings is 2. The standard InChI is InChI=1S/C26H31N7O3/c34-26(27-14-18-7-2-1-3-8-18)28-21-16-35-24-22(17-36-23(21)24)33-25(29-30-31-33)20-10-6-9-19(13-20)15-32-11-4-5-12-32/h1-3,6-10,13,21-24H,4-5,11-12,14-17H2,(H2,27,28,34). The Morgan fingerprint density at radius 2 is 1.78 bits per heavy atom. The van der Waals surface area contributed by atoms with Crippen molar-refractivity contribution in [3.63, 3.8) is 0 Å². The summed E-state index contributed by atoms with van der Waals surface area (Å²) in [5.74, 6) is 0.702. The van der Waals surface area contributed by atoms with Crippen LogP contribution in [0.4, 0.5) is 4.79 Å². The molecule has 4 atom stereocenters. The predicted molar refractivity (Wildman–Crippen MR) is 132 cm³/mol. The Bertz CT molecular complexity index is 1180. The van der Waals surface area contributed by atoms with Crippen LogP contribution in [-0.4, -0.2) is 75.7 Å². The summed E-state index contributed by atoms with van der Waals surface area (Å²) >= 11 is 0. The average Bonchev–Trinajstić information content (AvgIpc) is 3.70. The van der Waals surface area contributed by atoms with Crippen molar-refractivity contribution in [2.45, 2.75) is 50.2 Å². The number of likely N-dealkylation sites (tertiary alicyclic amines) is 1. The van der Waals surface area contributed by atoms with Gasteiger partial charge in [-0.1, -0.05) is 48.5 Å². The number of aromatic nitrogens is 4. The first-order valence-corrected chi connectivity index (χ1v) is 12.7. The number of tetrazole rings is 1. The third-order valence-corrected chi connectivity index (χ3v) is 7.24. The van der Waals surface area contributed by atoms with Crippen molar-refractivity contribution in [1.82, 2.24) is 35.7 Å². The zero-order chi connectivity index (χ0) is 24.3. The number of hydrogen-bond donors (Lipinski definition) is 2. The highest BCUT2D eigenvalue weighted by atomic mass is 16.6. The summed E-state index contributed by atoms with van der Waals surface area (Å²) in [4.78, 5) is 15.0. The number of amides is 2. The predicted octanol–water partition coefficient (Wildman–Crippen LogP) is 2.14. The second-order valence-electron chi connectivity index (χ2n) is 9.71. The summed E-state index contributed by atoms with van der Waals surface area (Å²) in [6.07, 6.45) is 2.05. The lowest BCUT2D eigenvalue weighted by Gasteiger charge is -2.19. The summed E-state index contributed by atoms with van der Waals surface area (Å²) in [6, 6.07) is 17.6. The van der Waals surface area contributed by atoms with Crippen molar-refractivity contribution in [2.75, 3.05) is 26.3 Å². The molecule has 10 heteroatoms. The fraction of sp³-hybridized carbons (Fsp3) is 0.462. The molecule has 0 saturated carbocycles. The third-order valence-electron chi connectivity index (χ3n) is 7.24. The molecule has 0 bridgehead atoms. The highest BCUT2D eigenvalue weighted by Crippen LogP contribution is 2.35. The second kappa shape index (κ2) is 10.3. The number of rotatable bonds is 7. The highest BCUT2D eigenvalue weighted by Gasteiger charge is 2.50. The first kappa shape index (κ1) is 23.1. The van der Waals surface area contributed by atoms with Gasteiger partial charge < -0.3 is 20.1 Å². The molecule has 1 aromatic heterocycles. The normalized spacial score (nSPS) is 25.7. The Morgan fingerprint density at radius 3 is 2.64 bits per heavy atom. The van der Waals surface area contributed by atoms with Gasteiger partial charge in [-0.3, -0.25) is 4.90 Å². The molecular formula is C26H31N7O3. The van der Waals surface area contributed by atoms with E-state index in [1.54, 1.807) is 0 Å². The molecule has 36 heavy (non-hydrogen) atoms. The fourth-order valence-corrected chi connectivity index (χ4v) is 5.42. The molecule has 0 radical (unpaired) electrons. The van der Waals surface area contributed by atoms with E-state index in [1.807, 2.05) is 41.1 Å². The van der Waals surface area contributed by atoms with Gasteiger partial charge in [-0.2, -0.15) is 0 Å². The van der Waals surface area contributed by atoms with Crippen molar-refractivity contribution in [2.24, 2.45) is 0 Å².